The molecule has 0 heterocycles. The van der Waals surface area contributed by atoms with Crippen LogP contribution in [0.15, 0.2) is 30.3 Å². The highest BCUT2D eigenvalue weighted by Gasteiger charge is 2.19. The van der Waals surface area contributed by atoms with Gasteiger partial charge in [-0.05, 0) is 31.2 Å². The van der Waals surface area contributed by atoms with Gasteiger partial charge in [-0.3, -0.25) is 5.41 Å². The Kier molecular flexibility index (Phi) is 5.62. The Morgan fingerprint density at radius 3 is 2.19 bits per heavy atom. The van der Waals surface area contributed by atoms with Crippen LogP contribution in [0.3, 0.4) is 0 Å². The van der Waals surface area contributed by atoms with Crippen LogP contribution in [0.1, 0.15) is 31.7 Å². The first-order chi connectivity index (χ1) is 7.77. The number of rotatable bonds is 3. The van der Waals surface area contributed by atoms with Crippen LogP contribution in [0.5, 0.6) is 0 Å². The maximum Gasteiger partial charge on any atom is 0.0817 e. The molecule has 1 saturated carbocycles. The van der Waals surface area contributed by atoms with Crippen LogP contribution >= 0.6 is 0 Å². The quantitative estimate of drug-likeness (QED) is 0.611. The molecule has 2 rings (SSSR count). The molecule has 0 radical (unpaired) electrons. The Labute approximate surface area is 98.8 Å². The molecule has 16 heavy (non-hydrogen) atoms. The molecule has 2 nitrogen and oxygen atoms in total. The average Bonchev–Trinajstić information content (AvgIpc) is 2.28. The lowest BCUT2D eigenvalue weighted by Gasteiger charge is -2.32. The minimum Gasteiger partial charge on any atom is -0.363 e. The number of hydrogen-bond acceptors (Lipinski definition) is 1. The average molecular weight is 218 g/mol. The summed E-state index contributed by atoms with van der Waals surface area (Å²) in [4.78, 5) is 1.98. The van der Waals surface area contributed by atoms with Crippen LogP contribution in [0, 0.1) is 5.41 Å². The van der Waals surface area contributed by atoms with E-state index in [1.54, 1.807) is 0 Å². The van der Waals surface area contributed by atoms with E-state index in [1.165, 1.54) is 31.2 Å². The molecule has 0 bridgehead atoms. The molecule has 0 amide bonds. The summed E-state index contributed by atoms with van der Waals surface area (Å²) in [6.07, 6.45) is 6.46. The first-order valence-corrected chi connectivity index (χ1v) is 6.04. The molecule has 1 aliphatic rings. The fourth-order valence-corrected chi connectivity index (χ4v) is 1.61. The summed E-state index contributed by atoms with van der Waals surface area (Å²) in [5.74, 6) is 0. The second-order valence-electron chi connectivity index (χ2n) is 4.22. The predicted octanol–water partition coefficient (Wildman–Crippen LogP) is 3.33. The molecule has 1 fully saturated rings. The van der Waals surface area contributed by atoms with Crippen molar-refractivity contribution in [3.63, 3.8) is 0 Å². The molecule has 0 aliphatic heterocycles. The number of nitrogens with one attached hydrogen (secondary N) is 1. The van der Waals surface area contributed by atoms with Crippen molar-refractivity contribution >= 4 is 6.34 Å². The number of benzene rings is 1. The first-order valence-electron chi connectivity index (χ1n) is 6.04. The van der Waals surface area contributed by atoms with Gasteiger partial charge >= 0.3 is 0 Å². The molecule has 0 atom stereocenters. The molecule has 1 N–H and O–H groups in total. The Bertz CT molecular complexity index is 291. The zero-order valence-electron chi connectivity index (χ0n) is 10.3. The first kappa shape index (κ1) is 12.8. The van der Waals surface area contributed by atoms with Gasteiger partial charge in [0.1, 0.15) is 0 Å². The second kappa shape index (κ2) is 7.04. The van der Waals surface area contributed by atoms with Crippen molar-refractivity contribution in [3.8, 4) is 0 Å². The van der Waals surface area contributed by atoms with E-state index in [4.69, 9.17) is 5.41 Å². The highest BCUT2D eigenvalue weighted by molar-refractivity contribution is 5.50. The normalized spacial score (nSPS) is 14.4. The Balaban J connectivity index is 0.000000160. The van der Waals surface area contributed by atoms with Gasteiger partial charge in [0.05, 0.1) is 6.34 Å². The molecular weight excluding hydrogens is 196 g/mol. The van der Waals surface area contributed by atoms with Gasteiger partial charge in [-0.2, -0.15) is 0 Å². The van der Waals surface area contributed by atoms with Gasteiger partial charge in [0.2, 0.25) is 0 Å². The van der Waals surface area contributed by atoms with E-state index in [1.807, 2.05) is 18.0 Å². The summed E-state index contributed by atoms with van der Waals surface area (Å²) in [7, 11) is 1.97. The zero-order chi connectivity index (χ0) is 11.8. The van der Waals surface area contributed by atoms with Gasteiger partial charge in [-0.25, -0.2) is 0 Å². The largest absolute Gasteiger partial charge is 0.363 e. The maximum atomic E-state index is 6.88. The van der Waals surface area contributed by atoms with Crippen LogP contribution in [0.25, 0.3) is 0 Å². The molecule has 1 aromatic carbocycles. The van der Waals surface area contributed by atoms with Gasteiger partial charge < -0.3 is 4.90 Å². The summed E-state index contributed by atoms with van der Waals surface area (Å²) >= 11 is 0. The van der Waals surface area contributed by atoms with Crippen molar-refractivity contribution in [2.75, 3.05) is 7.05 Å². The molecular formula is C14H22N2. The van der Waals surface area contributed by atoms with Crippen LogP contribution in [-0.2, 0) is 6.42 Å². The van der Waals surface area contributed by atoms with Crippen molar-refractivity contribution in [2.24, 2.45) is 0 Å². The summed E-state index contributed by atoms with van der Waals surface area (Å²) in [5, 5.41) is 6.88. The lowest BCUT2D eigenvalue weighted by molar-refractivity contribution is 0.245. The Morgan fingerprint density at radius 2 is 1.94 bits per heavy atom. The highest BCUT2D eigenvalue weighted by atomic mass is 15.1. The number of aryl methyl sites for hydroxylation is 1. The fourth-order valence-electron chi connectivity index (χ4n) is 1.61. The third-order valence-electron chi connectivity index (χ3n) is 3.11. The summed E-state index contributed by atoms with van der Waals surface area (Å²) in [5.41, 5.74) is 1.41. The van der Waals surface area contributed by atoms with Crippen molar-refractivity contribution in [2.45, 2.75) is 38.6 Å². The topological polar surface area (TPSA) is 27.1 Å². The summed E-state index contributed by atoms with van der Waals surface area (Å²) in [6.45, 7) is 2.16. The summed E-state index contributed by atoms with van der Waals surface area (Å²) < 4.78 is 0. The molecule has 0 spiro atoms. The molecule has 0 aromatic heterocycles. The van der Waals surface area contributed by atoms with E-state index in [0.717, 1.165) is 6.42 Å². The molecule has 88 valence electrons. The lowest BCUT2D eigenvalue weighted by Crippen LogP contribution is -2.35. The van der Waals surface area contributed by atoms with Crippen molar-refractivity contribution in [1.29, 1.82) is 5.41 Å². The SMILES string of the molecule is CCc1ccccc1.CN(C=N)C1CCC1. The second-order valence-corrected chi connectivity index (χ2v) is 4.22. The van der Waals surface area contributed by atoms with Crippen LogP contribution in [0.4, 0.5) is 0 Å². The zero-order valence-corrected chi connectivity index (χ0v) is 10.3. The predicted molar refractivity (Wildman–Crippen MR) is 70.0 cm³/mol. The monoisotopic (exact) mass is 218 g/mol. The van der Waals surface area contributed by atoms with E-state index in [-0.39, 0.29) is 0 Å². The summed E-state index contributed by atoms with van der Waals surface area (Å²) in [6, 6.07) is 11.1. The van der Waals surface area contributed by atoms with Gasteiger partial charge in [-0.1, -0.05) is 37.3 Å². The minimum atomic E-state index is 0.688. The highest BCUT2D eigenvalue weighted by Crippen LogP contribution is 2.21. The van der Waals surface area contributed by atoms with Crippen molar-refractivity contribution in [3.05, 3.63) is 35.9 Å². The molecule has 1 aromatic rings. The van der Waals surface area contributed by atoms with Gasteiger partial charge in [0.15, 0.2) is 0 Å². The van der Waals surface area contributed by atoms with E-state index in [2.05, 4.69) is 31.2 Å². The third kappa shape index (κ3) is 4.05. The van der Waals surface area contributed by atoms with Crippen LogP contribution < -0.4 is 0 Å². The van der Waals surface area contributed by atoms with Crippen LogP contribution in [-0.4, -0.2) is 24.3 Å². The smallest absolute Gasteiger partial charge is 0.0817 e. The van der Waals surface area contributed by atoms with Gasteiger partial charge in [0.25, 0.3) is 0 Å². The Morgan fingerprint density at radius 1 is 1.31 bits per heavy atom. The van der Waals surface area contributed by atoms with E-state index in [9.17, 15) is 0 Å². The molecule has 1 aliphatic carbocycles. The van der Waals surface area contributed by atoms with Crippen LogP contribution in [0.2, 0.25) is 0 Å². The number of hydrogen-bond donors (Lipinski definition) is 1. The minimum absolute atomic E-state index is 0.688. The standard InChI is InChI=1S/C8H10.C6H12N2/c1-2-8-6-4-3-5-7-8;1-8(5-7)6-3-2-4-6/h3-7H,2H2,1H3;5-7H,2-4H2,1H3. The fraction of sp³-hybridized carbons (Fsp3) is 0.500. The Hall–Kier alpha value is -1.31. The van der Waals surface area contributed by atoms with Crippen molar-refractivity contribution in [1.82, 2.24) is 4.90 Å². The molecule has 0 unspecified atom stereocenters. The van der Waals surface area contributed by atoms with E-state index in [0.29, 0.717) is 6.04 Å². The maximum absolute atomic E-state index is 6.88. The third-order valence-corrected chi connectivity index (χ3v) is 3.11. The van der Waals surface area contributed by atoms with E-state index < -0.39 is 0 Å². The lowest BCUT2D eigenvalue weighted by atomic mass is 9.92. The molecule has 0 saturated heterocycles. The van der Waals surface area contributed by atoms with Gasteiger partial charge in [0, 0.05) is 13.1 Å². The van der Waals surface area contributed by atoms with Crippen molar-refractivity contribution < 1.29 is 0 Å². The van der Waals surface area contributed by atoms with Gasteiger partial charge in [-0.15, -0.1) is 0 Å². The van der Waals surface area contributed by atoms with E-state index >= 15 is 0 Å². The molecule has 2 heteroatoms. The number of nitrogens with zero attached hydrogens (tertiary/aromatic N) is 1.